The zero-order valence-electron chi connectivity index (χ0n) is 16.0. The van der Waals surface area contributed by atoms with Crippen LogP contribution in [0.25, 0.3) is 11.3 Å². The summed E-state index contributed by atoms with van der Waals surface area (Å²) in [4.78, 5) is 17.6. The minimum absolute atomic E-state index is 0.0417. The van der Waals surface area contributed by atoms with Crippen molar-refractivity contribution in [2.75, 3.05) is 5.32 Å². The first-order chi connectivity index (χ1) is 15.2. The maximum Gasteiger partial charge on any atom is 0.416 e. The third-order valence-corrected chi connectivity index (χ3v) is 5.95. The number of furan rings is 1. The number of carbonyl (C=O) groups is 1. The Morgan fingerprint density at radius 1 is 1.06 bits per heavy atom. The van der Waals surface area contributed by atoms with E-state index in [2.05, 4.69) is 10.3 Å². The van der Waals surface area contributed by atoms with Crippen LogP contribution >= 0.6 is 34.5 Å². The first-order valence-corrected chi connectivity index (χ1v) is 10.7. The molecule has 32 heavy (non-hydrogen) atoms. The van der Waals surface area contributed by atoms with Gasteiger partial charge in [0.1, 0.15) is 5.76 Å². The van der Waals surface area contributed by atoms with E-state index < -0.39 is 17.6 Å². The number of amides is 1. The van der Waals surface area contributed by atoms with Crippen LogP contribution in [-0.2, 0) is 12.6 Å². The molecule has 0 bridgehead atoms. The van der Waals surface area contributed by atoms with Gasteiger partial charge in [-0.1, -0.05) is 35.3 Å². The number of carbonyl (C=O) groups excluding carboxylic acids is 1. The summed E-state index contributed by atoms with van der Waals surface area (Å²) in [5.74, 6) is -0.608. The van der Waals surface area contributed by atoms with Crippen molar-refractivity contribution in [3.8, 4) is 11.3 Å². The van der Waals surface area contributed by atoms with Gasteiger partial charge in [-0.05, 0) is 48.0 Å². The van der Waals surface area contributed by atoms with Crippen LogP contribution in [0.15, 0.2) is 65.2 Å². The second-order valence-corrected chi connectivity index (χ2v) is 8.70. The first kappa shape index (κ1) is 22.4. The van der Waals surface area contributed by atoms with Gasteiger partial charge in [0, 0.05) is 28.1 Å². The molecule has 0 spiro atoms. The summed E-state index contributed by atoms with van der Waals surface area (Å²) in [7, 11) is 0. The van der Waals surface area contributed by atoms with Crippen molar-refractivity contribution in [1.82, 2.24) is 4.98 Å². The van der Waals surface area contributed by atoms with Crippen LogP contribution < -0.4 is 5.32 Å². The summed E-state index contributed by atoms with van der Waals surface area (Å²) in [6, 6.07) is 13.1. The molecule has 0 atom stereocenters. The molecule has 4 nitrogen and oxygen atoms in total. The molecule has 2 aromatic heterocycles. The van der Waals surface area contributed by atoms with E-state index in [1.807, 2.05) is 12.1 Å². The number of nitrogens with one attached hydrogen (secondary N) is 1. The summed E-state index contributed by atoms with van der Waals surface area (Å²) < 4.78 is 44.5. The maximum atomic E-state index is 13.0. The quantitative estimate of drug-likeness (QED) is 0.309. The van der Waals surface area contributed by atoms with Crippen molar-refractivity contribution in [2.45, 2.75) is 12.6 Å². The van der Waals surface area contributed by atoms with E-state index in [-0.39, 0.29) is 22.1 Å². The molecule has 1 amide bonds. The fourth-order valence-electron chi connectivity index (χ4n) is 2.90. The number of rotatable bonds is 5. The van der Waals surface area contributed by atoms with Crippen LogP contribution in [0, 0.1) is 0 Å². The Bertz CT molecular complexity index is 1270. The van der Waals surface area contributed by atoms with E-state index in [0.29, 0.717) is 16.6 Å². The Kier molecular flexibility index (Phi) is 6.28. The highest BCUT2D eigenvalue weighted by Crippen LogP contribution is 2.36. The minimum Gasteiger partial charge on any atom is -0.451 e. The third kappa shape index (κ3) is 5.15. The molecule has 4 rings (SSSR count). The second-order valence-electron chi connectivity index (χ2n) is 6.75. The van der Waals surface area contributed by atoms with Gasteiger partial charge in [0.2, 0.25) is 0 Å². The first-order valence-electron chi connectivity index (χ1n) is 9.16. The van der Waals surface area contributed by atoms with Crippen molar-refractivity contribution in [2.24, 2.45) is 0 Å². The van der Waals surface area contributed by atoms with Crippen molar-refractivity contribution in [3.05, 3.63) is 92.6 Å². The molecular weight excluding hydrogens is 484 g/mol. The molecular formula is C22H13Cl2F3N2O2S. The maximum absolute atomic E-state index is 13.0. The minimum atomic E-state index is -4.53. The third-order valence-electron chi connectivity index (χ3n) is 4.45. The molecule has 10 heteroatoms. The normalized spacial score (nSPS) is 11.5. The number of benzene rings is 2. The summed E-state index contributed by atoms with van der Waals surface area (Å²) in [5, 5.41) is 3.72. The molecule has 0 aliphatic rings. The van der Waals surface area contributed by atoms with Gasteiger partial charge in [0.25, 0.3) is 5.91 Å². The molecule has 2 heterocycles. The van der Waals surface area contributed by atoms with Gasteiger partial charge in [0.05, 0.1) is 10.6 Å². The van der Waals surface area contributed by atoms with Crippen LogP contribution in [0.4, 0.5) is 18.3 Å². The summed E-state index contributed by atoms with van der Waals surface area (Å²) in [6.45, 7) is 0. The molecule has 4 aromatic rings. The lowest BCUT2D eigenvalue weighted by Crippen LogP contribution is -2.10. The SMILES string of the molecule is O=C(Nc1ncc(Cc2ccc(Cl)cc2)s1)c1ccc(-c2cc(C(F)(F)F)ccc2Cl)o1. The fourth-order valence-corrected chi connectivity index (χ4v) is 4.08. The molecule has 0 radical (unpaired) electrons. The van der Waals surface area contributed by atoms with Gasteiger partial charge in [-0.2, -0.15) is 13.2 Å². The Morgan fingerprint density at radius 2 is 1.81 bits per heavy atom. The van der Waals surface area contributed by atoms with Gasteiger partial charge >= 0.3 is 6.18 Å². The molecule has 0 aliphatic heterocycles. The molecule has 0 unspecified atom stereocenters. The van der Waals surface area contributed by atoms with Crippen LogP contribution in [0.1, 0.15) is 26.6 Å². The lowest BCUT2D eigenvalue weighted by atomic mass is 10.1. The Hall–Kier alpha value is -2.81. The number of nitrogens with zero attached hydrogens (tertiary/aromatic N) is 1. The van der Waals surface area contributed by atoms with E-state index >= 15 is 0 Å². The van der Waals surface area contributed by atoms with Crippen molar-refractivity contribution >= 4 is 45.6 Å². The molecule has 164 valence electrons. The van der Waals surface area contributed by atoms with Crippen molar-refractivity contribution in [1.29, 1.82) is 0 Å². The number of aromatic nitrogens is 1. The predicted molar refractivity (Wildman–Crippen MR) is 118 cm³/mol. The highest BCUT2D eigenvalue weighted by Gasteiger charge is 2.31. The van der Waals surface area contributed by atoms with Crippen LogP contribution in [-0.4, -0.2) is 10.9 Å². The standard InChI is InChI=1S/C22H13Cl2F3N2O2S/c23-14-4-1-12(2-5-14)9-15-11-28-21(32-15)29-20(30)19-8-7-18(31-19)16-10-13(22(25,26)27)3-6-17(16)24/h1-8,10-11H,9H2,(H,28,29,30). The summed E-state index contributed by atoms with van der Waals surface area (Å²) in [6.07, 6.45) is -2.24. The van der Waals surface area contributed by atoms with Gasteiger partial charge in [-0.15, -0.1) is 11.3 Å². The zero-order chi connectivity index (χ0) is 22.9. The van der Waals surface area contributed by atoms with Crippen molar-refractivity contribution in [3.63, 3.8) is 0 Å². The zero-order valence-corrected chi connectivity index (χ0v) is 18.4. The molecule has 0 fully saturated rings. The molecule has 0 aliphatic carbocycles. The Morgan fingerprint density at radius 3 is 2.53 bits per heavy atom. The second kappa shape index (κ2) is 8.97. The van der Waals surface area contributed by atoms with Gasteiger partial charge in [-0.3, -0.25) is 10.1 Å². The van der Waals surface area contributed by atoms with Crippen LogP contribution in [0.3, 0.4) is 0 Å². The lowest BCUT2D eigenvalue weighted by Gasteiger charge is -2.09. The average Bonchev–Trinajstić information content (AvgIpc) is 3.39. The van der Waals surface area contributed by atoms with E-state index in [1.165, 1.54) is 23.5 Å². The van der Waals surface area contributed by atoms with Crippen LogP contribution in [0.2, 0.25) is 10.0 Å². The number of hydrogen-bond acceptors (Lipinski definition) is 4. The largest absolute Gasteiger partial charge is 0.451 e. The van der Waals surface area contributed by atoms with Crippen LogP contribution in [0.5, 0.6) is 0 Å². The van der Waals surface area contributed by atoms with Gasteiger partial charge < -0.3 is 4.42 Å². The number of halogens is 5. The van der Waals surface area contributed by atoms with E-state index in [1.54, 1.807) is 18.3 Å². The van der Waals surface area contributed by atoms with Crippen molar-refractivity contribution < 1.29 is 22.4 Å². The highest BCUT2D eigenvalue weighted by molar-refractivity contribution is 7.15. The lowest BCUT2D eigenvalue weighted by molar-refractivity contribution is -0.137. The fraction of sp³-hybridized carbons (Fsp3) is 0.0909. The number of anilines is 1. The smallest absolute Gasteiger partial charge is 0.416 e. The number of hydrogen-bond donors (Lipinski definition) is 1. The topological polar surface area (TPSA) is 55.1 Å². The molecule has 0 saturated carbocycles. The molecule has 2 aromatic carbocycles. The summed E-state index contributed by atoms with van der Waals surface area (Å²) >= 11 is 13.2. The number of alkyl halides is 3. The molecule has 0 saturated heterocycles. The molecule has 1 N–H and O–H groups in total. The van der Waals surface area contributed by atoms with E-state index in [9.17, 15) is 18.0 Å². The summed E-state index contributed by atoms with van der Waals surface area (Å²) in [5.41, 5.74) is 0.222. The van der Waals surface area contributed by atoms with Gasteiger partial charge in [-0.25, -0.2) is 4.98 Å². The highest BCUT2D eigenvalue weighted by atomic mass is 35.5. The Balaban J connectivity index is 1.47. The predicted octanol–water partition coefficient (Wildman–Crippen LogP) is 7.57. The van der Waals surface area contributed by atoms with E-state index in [0.717, 1.165) is 28.6 Å². The Labute approximate surface area is 194 Å². The van der Waals surface area contributed by atoms with E-state index in [4.69, 9.17) is 27.6 Å². The average molecular weight is 497 g/mol. The number of thiazole rings is 1. The van der Waals surface area contributed by atoms with Gasteiger partial charge in [0.15, 0.2) is 10.9 Å². The monoisotopic (exact) mass is 496 g/mol.